The molecule has 0 fully saturated rings. The minimum atomic E-state index is 0.585. The van der Waals surface area contributed by atoms with Crippen LogP contribution in [0.1, 0.15) is 29.1 Å². The van der Waals surface area contributed by atoms with E-state index in [9.17, 15) is 0 Å². The largest absolute Gasteiger partial charge is 0.362 e. The lowest BCUT2D eigenvalue weighted by Crippen LogP contribution is -2.07. The fourth-order valence-corrected chi connectivity index (χ4v) is 4.63. The number of hydrogen-bond acceptors (Lipinski definition) is 6. The van der Waals surface area contributed by atoms with E-state index < -0.39 is 0 Å². The van der Waals surface area contributed by atoms with Gasteiger partial charge in [0.1, 0.15) is 17.0 Å². The van der Waals surface area contributed by atoms with Crippen molar-refractivity contribution in [1.82, 2.24) is 24.6 Å². The van der Waals surface area contributed by atoms with Crippen molar-refractivity contribution in [1.29, 1.82) is 0 Å². The van der Waals surface area contributed by atoms with E-state index >= 15 is 0 Å². The summed E-state index contributed by atoms with van der Waals surface area (Å²) >= 11 is 1.82. The molecule has 0 saturated heterocycles. The molecule has 0 atom stereocenters. The zero-order chi connectivity index (χ0) is 15.9. The van der Waals surface area contributed by atoms with Crippen LogP contribution in [0.5, 0.6) is 0 Å². The third kappa shape index (κ3) is 2.16. The zero-order valence-corrected chi connectivity index (χ0v) is 13.9. The lowest BCUT2D eigenvalue weighted by Gasteiger charge is -2.12. The molecule has 5 rings (SSSR count). The van der Waals surface area contributed by atoms with E-state index in [0.29, 0.717) is 6.54 Å². The second-order valence-electron chi connectivity index (χ2n) is 6.01. The Labute approximate surface area is 142 Å². The van der Waals surface area contributed by atoms with Gasteiger partial charge in [-0.1, -0.05) is 6.07 Å². The SMILES string of the molecule is c1ccn2c(CNc3ncnc4sc5c(c34)CCCC5)nnc2c1. The Bertz CT molecular complexity index is 1030. The van der Waals surface area contributed by atoms with Crippen molar-refractivity contribution >= 4 is 33.0 Å². The van der Waals surface area contributed by atoms with Crippen LogP contribution in [0, 0.1) is 0 Å². The molecule has 0 aliphatic heterocycles. The van der Waals surface area contributed by atoms with Crippen molar-refractivity contribution in [2.24, 2.45) is 0 Å². The minimum Gasteiger partial charge on any atom is -0.362 e. The molecule has 1 aliphatic carbocycles. The van der Waals surface area contributed by atoms with Gasteiger partial charge in [0.25, 0.3) is 0 Å². The summed E-state index contributed by atoms with van der Waals surface area (Å²) in [6.45, 7) is 0.585. The second kappa shape index (κ2) is 5.52. The van der Waals surface area contributed by atoms with Crippen molar-refractivity contribution in [3.05, 3.63) is 47.0 Å². The standard InChI is InChI=1S/C17H16N6S/c1-2-6-12-11(5-1)15-16(19-10-20-17(15)24-12)18-9-14-22-21-13-7-3-4-8-23(13)14/h3-4,7-8,10H,1-2,5-6,9H2,(H,18,19,20). The van der Waals surface area contributed by atoms with E-state index in [1.165, 1.54) is 35.1 Å². The van der Waals surface area contributed by atoms with E-state index in [1.807, 2.05) is 40.1 Å². The van der Waals surface area contributed by atoms with Crippen LogP contribution in [0.2, 0.25) is 0 Å². The van der Waals surface area contributed by atoms with Crippen molar-refractivity contribution < 1.29 is 0 Å². The van der Waals surface area contributed by atoms with Gasteiger partial charge in [0, 0.05) is 11.1 Å². The van der Waals surface area contributed by atoms with Crippen LogP contribution in [0.15, 0.2) is 30.7 Å². The first-order chi connectivity index (χ1) is 11.9. The molecule has 1 N–H and O–H groups in total. The van der Waals surface area contributed by atoms with E-state index in [2.05, 4.69) is 25.5 Å². The van der Waals surface area contributed by atoms with Gasteiger partial charge in [-0.15, -0.1) is 21.5 Å². The summed E-state index contributed by atoms with van der Waals surface area (Å²) in [5.41, 5.74) is 2.30. The maximum atomic E-state index is 4.49. The van der Waals surface area contributed by atoms with Gasteiger partial charge in [-0.25, -0.2) is 9.97 Å². The van der Waals surface area contributed by atoms with Gasteiger partial charge in [0.2, 0.25) is 0 Å². The molecule has 24 heavy (non-hydrogen) atoms. The van der Waals surface area contributed by atoms with Crippen LogP contribution >= 0.6 is 11.3 Å². The molecular weight excluding hydrogens is 320 g/mol. The molecule has 7 heteroatoms. The van der Waals surface area contributed by atoms with Gasteiger partial charge >= 0.3 is 0 Å². The second-order valence-corrected chi connectivity index (χ2v) is 7.10. The third-order valence-electron chi connectivity index (χ3n) is 4.55. The van der Waals surface area contributed by atoms with Crippen molar-refractivity contribution in [2.45, 2.75) is 32.2 Å². The smallest absolute Gasteiger partial charge is 0.160 e. The molecular formula is C17H16N6S. The molecule has 0 saturated carbocycles. The average molecular weight is 336 g/mol. The number of aryl methyl sites for hydroxylation is 2. The number of aromatic nitrogens is 5. The zero-order valence-electron chi connectivity index (χ0n) is 13.1. The van der Waals surface area contributed by atoms with Crippen molar-refractivity contribution in [2.75, 3.05) is 5.32 Å². The van der Waals surface area contributed by atoms with Crippen LogP contribution in [0.4, 0.5) is 5.82 Å². The first-order valence-electron chi connectivity index (χ1n) is 8.18. The summed E-state index contributed by atoms with van der Waals surface area (Å²) in [7, 11) is 0. The Morgan fingerprint density at radius 2 is 2.08 bits per heavy atom. The number of rotatable bonds is 3. The third-order valence-corrected chi connectivity index (χ3v) is 5.75. The molecule has 0 bridgehead atoms. The van der Waals surface area contributed by atoms with Gasteiger partial charge in [-0.3, -0.25) is 4.40 Å². The summed E-state index contributed by atoms with van der Waals surface area (Å²) in [6, 6.07) is 5.90. The van der Waals surface area contributed by atoms with Crippen LogP contribution < -0.4 is 5.32 Å². The normalized spacial score (nSPS) is 14.2. The number of nitrogens with one attached hydrogen (secondary N) is 1. The van der Waals surface area contributed by atoms with E-state index in [4.69, 9.17) is 0 Å². The predicted octanol–water partition coefficient (Wildman–Crippen LogP) is 3.22. The molecule has 0 aromatic carbocycles. The summed E-state index contributed by atoms with van der Waals surface area (Å²) in [4.78, 5) is 11.5. The topological polar surface area (TPSA) is 68.0 Å². The molecule has 0 spiro atoms. The average Bonchev–Trinajstić information content (AvgIpc) is 3.21. The van der Waals surface area contributed by atoms with Gasteiger partial charge in [-0.05, 0) is 43.4 Å². The van der Waals surface area contributed by atoms with Gasteiger partial charge in [0.05, 0.1) is 11.9 Å². The highest BCUT2D eigenvalue weighted by Gasteiger charge is 2.20. The maximum Gasteiger partial charge on any atom is 0.160 e. The highest BCUT2D eigenvalue weighted by Crippen LogP contribution is 2.38. The fraction of sp³-hybridized carbons (Fsp3) is 0.294. The van der Waals surface area contributed by atoms with Crippen LogP contribution in [0.25, 0.3) is 15.9 Å². The van der Waals surface area contributed by atoms with Crippen LogP contribution in [-0.2, 0) is 19.4 Å². The Kier molecular flexibility index (Phi) is 3.19. The number of pyridine rings is 1. The Morgan fingerprint density at radius 3 is 3.08 bits per heavy atom. The number of fused-ring (bicyclic) bond motifs is 4. The molecule has 0 amide bonds. The number of anilines is 1. The lowest BCUT2D eigenvalue weighted by molar-refractivity contribution is 0.700. The van der Waals surface area contributed by atoms with Gasteiger partial charge < -0.3 is 5.32 Å². The first kappa shape index (κ1) is 13.9. The predicted molar refractivity (Wildman–Crippen MR) is 94.4 cm³/mol. The van der Waals surface area contributed by atoms with Gasteiger partial charge in [0.15, 0.2) is 11.5 Å². The van der Waals surface area contributed by atoms with Crippen LogP contribution in [0.3, 0.4) is 0 Å². The highest BCUT2D eigenvalue weighted by atomic mass is 32.1. The number of nitrogens with zero attached hydrogens (tertiary/aromatic N) is 5. The van der Waals surface area contributed by atoms with Crippen molar-refractivity contribution in [3.63, 3.8) is 0 Å². The molecule has 4 aromatic rings. The Hall–Kier alpha value is -2.54. The monoisotopic (exact) mass is 336 g/mol. The summed E-state index contributed by atoms with van der Waals surface area (Å²) in [6.07, 6.45) is 8.46. The van der Waals surface area contributed by atoms with Crippen molar-refractivity contribution in [3.8, 4) is 0 Å². The van der Waals surface area contributed by atoms with E-state index in [1.54, 1.807) is 6.33 Å². The molecule has 0 radical (unpaired) electrons. The quantitative estimate of drug-likeness (QED) is 0.622. The molecule has 0 unspecified atom stereocenters. The summed E-state index contributed by atoms with van der Waals surface area (Å²) < 4.78 is 1.99. The Balaban J connectivity index is 1.52. The molecule has 120 valence electrons. The molecule has 4 heterocycles. The number of hydrogen-bond donors (Lipinski definition) is 1. The molecule has 1 aliphatic rings. The van der Waals surface area contributed by atoms with Crippen LogP contribution in [-0.4, -0.2) is 24.6 Å². The minimum absolute atomic E-state index is 0.585. The van der Waals surface area contributed by atoms with E-state index in [0.717, 1.165) is 28.5 Å². The fourth-order valence-electron chi connectivity index (χ4n) is 3.40. The number of thiophene rings is 1. The summed E-state index contributed by atoms with van der Waals surface area (Å²) in [5.74, 6) is 1.79. The lowest BCUT2D eigenvalue weighted by atomic mass is 9.97. The van der Waals surface area contributed by atoms with E-state index in [-0.39, 0.29) is 0 Å². The van der Waals surface area contributed by atoms with Gasteiger partial charge in [-0.2, -0.15) is 0 Å². The molecule has 6 nitrogen and oxygen atoms in total. The Morgan fingerprint density at radius 1 is 1.12 bits per heavy atom. The first-order valence-corrected chi connectivity index (χ1v) is 8.99. The molecule has 4 aromatic heterocycles. The summed E-state index contributed by atoms with van der Waals surface area (Å²) in [5, 5.41) is 13.1. The highest BCUT2D eigenvalue weighted by molar-refractivity contribution is 7.19. The maximum absolute atomic E-state index is 4.49.